The average Bonchev–Trinajstić information content (AvgIpc) is 3.42. The van der Waals surface area contributed by atoms with Crippen molar-refractivity contribution in [2.45, 2.75) is 105 Å². The normalized spacial score (nSPS) is 19.6. The Morgan fingerprint density at radius 3 is 2.00 bits per heavy atom. The van der Waals surface area contributed by atoms with Crippen LogP contribution in [-0.2, 0) is 16.6 Å². The number of aromatic nitrogens is 1. The molecule has 0 bridgehead atoms. The lowest BCUT2D eigenvalue weighted by molar-refractivity contribution is -0.931. The van der Waals surface area contributed by atoms with Gasteiger partial charge >= 0.3 is 5.79 Å². The first-order chi connectivity index (χ1) is 22.2. The Bertz CT molecular complexity index is 2240. The number of benzene rings is 4. The van der Waals surface area contributed by atoms with E-state index < -0.39 is 5.79 Å². The summed E-state index contributed by atoms with van der Waals surface area (Å²) in [7, 11) is 0. The van der Waals surface area contributed by atoms with Gasteiger partial charge in [0.2, 0.25) is 11.2 Å². The predicted octanol–water partition coefficient (Wildman–Crippen LogP) is 10.0. The van der Waals surface area contributed by atoms with Crippen LogP contribution in [0, 0.1) is 0 Å². The van der Waals surface area contributed by atoms with E-state index >= 15 is 0 Å². The fourth-order valence-corrected chi connectivity index (χ4v) is 9.93. The van der Waals surface area contributed by atoms with Gasteiger partial charge in [-0.3, -0.25) is 4.90 Å². The Hall–Kier alpha value is -4.24. The molecule has 1 aliphatic carbocycles. The molecular weight excluding hydrogens is 571 g/mol. The lowest BCUT2D eigenvalue weighted by atomic mass is 9.79. The molecule has 2 aliphatic heterocycles. The largest absolute Gasteiger partial charge is 0.474 e. The van der Waals surface area contributed by atoms with E-state index in [-0.39, 0.29) is 22.9 Å². The second kappa shape index (κ2) is 9.66. The zero-order valence-corrected chi connectivity index (χ0v) is 30.1. The number of allylic oxidation sites excluding steroid dienone is 2. The van der Waals surface area contributed by atoms with Gasteiger partial charge in [-0.2, -0.15) is 0 Å². The highest BCUT2D eigenvalue weighted by Crippen LogP contribution is 2.59. The molecule has 1 aromatic heterocycles. The maximum atomic E-state index is 2.78. The van der Waals surface area contributed by atoms with E-state index in [1.165, 1.54) is 77.7 Å². The molecule has 0 saturated heterocycles. The first-order valence-electron chi connectivity index (χ1n) is 17.5. The summed E-state index contributed by atoms with van der Waals surface area (Å²) in [5.74, 6) is -0.623. The molecule has 0 amide bonds. The van der Waals surface area contributed by atoms with Gasteiger partial charge in [-0.15, -0.1) is 9.14 Å². The van der Waals surface area contributed by atoms with Crippen LogP contribution in [0.2, 0.25) is 0 Å². The first kappa shape index (κ1) is 30.1. The zero-order valence-electron chi connectivity index (χ0n) is 30.1. The van der Waals surface area contributed by atoms with Gasteiger partial charge in [0.25, 0.3) is 0 Å². The Kier molecular flexibility index (Phi) is 6.19. The predicted molar refractivity (Wildman–Crippen MR) is 197 cm³/mol. The summed E-state index contributed by atoms with van der Waals surface area (Å²) < 4.78 is 5.51. The molecule has 3 heterocycles. The van der Waals surface area contributed by atoms with Crippen molar-refractivity contribution in [2.75, 3.05) is 0 Å². The summed E-state index contributed by atoms with van der Waals surface area (Å²) in [5, 5.41) is 4.04. The lowest BCUT2D eigenvalue weighted by Crippen LogP contribution is -2.74. The van der Waals surface area contributed by atoms with E-state index in [1.54, 1.807) is 0 Å². The first-order valence-corrected chi connectivity index (χ1v) is 17.5. The average molecular weight is 620 g/mol. The van der Waals surface area contributed by atoms with Gasteiger partial charge in [-0.25, -0.2) is 0 Å². The summed E-state index contributed by atoms with van der Waals surface area (Å²) >= 11 is 0. The van der Waals surface area contributed by atoms with Crippen LogP contribution in [0.1, 0.15) is 98.4 Å². The number of para-hydroxylation sites is 1. The second-order valence-corrected chi connectivity index (χ2v) is 16.3. The van der Waals surface area contributed by atoms with Gasteiger partial charge in [-0.1, -0.05) is 95.3 Å². The molecule has 5 aromatic rings. The van der Waals surface area contributed by atoms with Crippen molar-refractivity contribution in [3.05, 3.63) is 113 Å². The molecule has 0 radical (unpaired) electrons. The molecule has 0 N–H and O–H groups in total. The van der Waals surface area contributed by atoms with Crippen LogP contribution >= 0.6 is 0 Å². The second-order valence-electron chi connectivity index (χ2n) is 16.3. The summed E-state index contributed by atoms with van der Waals surface area (Å²) in [4.78, 5) is 2.73. The SMILES string of the molecule is CC1=CC(C)=[N+](C(C)C)C2(c3c(cc(C(C)(C)C)c4ccccc34)-c3c4c(c5ccccc5[n+]32)C(C)(C)c2ccccc2-4)N1C(C)C. The molecule has 3 nitrogen and oxygen atoms in total. The fourth-order valence-electron chi connectivity index (χ4n) is 9.93. The molecule has 47 heavy (non-hydrogen) atoms. The molecule has 238 valence electrons. The van der Waals surface area contributed by atoms with Crippen LogP contribution < -0.4 is 4.57 Å². The van der Waals surface area contributed by atoms with E-state index in [0.717, 1.165) is 0 Å². The van der Waals surface area contributed by atoms with Gasteiger partial charge in [0.1, 0.15) is 5.56 Å². The van der Waals surface area contributed by atoms with Crippen molar-refractivity contribution in [1.82, 2.24) is 4.90 Å². The lowest BCUT2D eigenvalue weighted by Gasteiger charge is -2.42. The third-order valence-electron chi connectivity index (χ3n) is 11.3. The van der Waals surface area contributed by atoms with Gasteiger partial charge in [0.15, 0.2) is 11.8 Å². The molecule has 1 spiro atoms. The van der Waals surface area contributed by atoms with Crippen LogP contribution in [0.3, 0.4) is 0 Å². The minimum absolute atomic E-state index is 0.0354. The number of hydrogen-bond donors (Lipinski definition) is 0. The molecule has 1 unspecified atom stereocenters. The summed E-state index contributed by atoms with van der Waals surface area (Å²) in [6, 6.07) is 30.7. The molecule has 1 atom stereocenters. The minimum Gasteiger partial charge on any atom is -0.250 e. The van der Waals surface area contributed by atoms with Crippen LogP contribution in [-0.4, -0.2) is 27.3 Å². The van der Waals surface area contributed by atoms with Crippen molar-refractivity contribution in [2.24, 2.45) is 0 Å². The minimum atomic E-state index is -0.623. The van der Waals surface area contributed by atoms with Gasteiger partial charge in [0.05, 0.1) is 16.5 Å². The number of pyridine rings is 1. The summed E-state index contributed by atoms with van der Waals surface area (Å²) in [6.45, 7) is 26.1. The topological polar surface area (TPSA) is 10.1 Å². The number of fused-ring (bicyclic) bond motifs is 14. The third-order valence-corrected chi connectivity index (χ3v) is 11.3. The standard InChI is InChI=1S/C44H49N3/c1-26(2)45-28(5)24-29(6)46(27(3)4)44(45)39-31-19-13-12-18-30(31)36(42(7,8)9)25-34(39)41-38-32-20-14-16-22-35(32)43(10,11)40(38)33-21-15-17-23-37(33)47(41)44/h12-27H,1-11H3/q+2. The Balaban J connectivity index is 1.75. The molecule has 0 saturated carbocycles. The highest BCUT2D eigenvalue weighted by atomic mass is 15.5. The van der Waals surface area contributed by atoms with Crippen LogP contribution in [0.25, 0.3) is 44.1 Å². The Morgan fingerprint density at radius 2 is 1.34 bits per heavy atom. The van der Waals surface area contributed by atoms with Crippen LogP contribution in [0.4, 0.5) is 0 Å². The third kappa shape index (κ3) is 3.64. The van der Waals surface area contributed by atoms with E-state index in [9.17, 15) is 0 Å². The zero-order chi connectivity index (χ0) is 33.4. The van der Waals surface area contributed by atoms with Crippen LogP contribution in [0.5, 0.6) is 0 Å². The molecule has 3 heteroatoms. The smallest absolute Gasteiger partial charge is 0.250 e. The molecular formula is C44H49N3+2. The molecule has 0 fully saturated rings. The Morgan fingerprint density at radius 1 is 0.723 bits per heavy atom. The number of nitrogens with zero attached hydrogens (tertiary/aromatic N) is 3. The Labute approximate surface area is 280 Å². The van der Waals surface area contributed by atoms with Gasteiger partial charge in [0, 0.05) is 41.6 Å². The van der Waals surface area contributed by atoms with Gasteiger partial charge in [-0.05, 0) is 79.8 Å². The fraction of sp³-hybridized carbons (Fsp3) is 0.364. The van der Waals surface area contributed by atoms with Crippen molar-refractivity contribution in [3.8, 4) is 22.4 Å². The van der Waals surface area contributed by atoms with E-state index in [2.05, 4.69) is 175 Å². The molecule has 4 aromatic carbocycles. The van der Waals surface area contributed by atoms with Crippen molar-refractivity contribution in [1.29, 1.82) is 0 Å². The number of hydrogen-bond acceptors (Lipinski definition) is 1. The summed E-state index contributed by atoms with van der Waals surface area (Å²) in [6.07, 6.45) is 2.41. The number of rotatable bonds is 2. The highest BCUT2D eigenvalue weighted by molar-refractivity contribution is 6.04. The van der Waals surface area contributed by atoms with E-state index in [4.69, 9.17) is 0 Å². The van der Waals surface area contributed by atoms with Gasteiger partial charge < -0.3 is 0 Å². The maximum absolute atomic E-state index is 2.78. The summed E-state index contributed by atoms with van der Waals surface area (Å²) in [5.41, 5.74) is 14.9. The molecule has 8 rings (SSSR count). The van der Waals surface area contributed by atoms with Crippen molar-refractivity contribution in [3.63, 3.8) is 0 Å². The van der Waals surface area contributed by atoms with E-state index in [1.807, 2.05) is 0 Å². The molecule has 3 aliphatic rings. The van der Waals surface area contributed by atoms with Crippen molar-refractivity contribution >= 4 is 27.4 Å². The van der Waals surface area contributed by atoms with Crippen LogP contribution in [0.15, 0.2) is 90.6 Å². The van der Waals surface area contributed by atoms with E-state index in [0.29, 0.717) is 0 Å². The quantitative estimate of drug-likeness (QED) is 0.179. The monoisotopic (exact) mass is 619 g/mol. The highest BCUT2D eigenvalue weighted by Gasteiger charge is 2.70. The maximum Gasteiger partial charge on any atom is 0.474 e. The van der Waals surface area contributed by atoms with Crippen molar-refractivity contribution < 1.29 is 9.14 Å².